The molecule has 2 aliphatic carbocycles. The van der Waals surface area contributed by atoms with E-state index in [0.29, 0.717) is 12.0 Å². The predicted octanol–water partition coefficient (Wildman–Crippen LogP) is 3.21. The van der Waals surface area contributed by atoms with Gasteiger partial charge in [-0.2, -0.15) is 4.98 Å². The van der Waals surface area contributed by atoms with Crippen molar-refractivity contribution in [2.45, 2.75) is 64.6 Å². The van der Waals surface area contributed by atoms with Gasteiger partial charge >= 0.3 is 0 Å². The molecule has 2 saturated carbocycles. The second-order valence-electron chi connectivity index (χ2n) is 5.26. The Hall–Kier alpha value is -0.870. The Labute approximate surface area is 119 Å². The van der Waals surface area contributed by atoms with E-state index in [0.717, 1.165) is 36.9 Å². The Morgan fingerprint density at radius 2 is 1.68 bits per heavy atom. The van der Waals surface area contributed by atoms with Gasteiger partial charge in [0.1, 0.15) is 6.10 Å². The zero-order valence-electron chi connectivity index (χ0n) is 11.5. The maximum absolute atomic E-state index is 8.45. The summed E-state index contributed by atoms with van der Waals surface area (Å²) in [6.07, 6.45) is 7.22. The third-order valence-corrected chi connectivity index (χ3v) is 3.89. The Morgan fingerprint density at radius 3 is 2.11 bits per heavy atom. The number of aliphatic hydroxyl groups is 1. The van der Waals surface area contributed by atoms with Crippen molar-refractivity contribution in [2.75, 3.05) is 0 Å². The molecule has 2 fully saturated rings. The molecule has 0 bridgehead atoms. The molecule has 0 aromatic carbocycles. The van der Waals surface area contributed by atoms with Crippen LogP contribution in [0.15, 0.2) is 0 Å². The lowest BCUT2D eigenvalue weighted by Crippen LogP contribution is -2.25. The summed E-state index contributed by atoms with van der Waals surface area (Å²) in [5.41, 5.74) is 1.88. The van der Waals surface area contributed by atoms with Crippen molar-refractivity contribution >= 4 is 11.6 Å². The van der Waals surface area contributed by atoms with Gasteiger partial charge in [0.2, 0.25) is 11.2 Å². The fourth-order valence-corrected chi connectivity index (χ4v) is 1.92. The van der Waals surface area contributed by atoms with Gasteiger partial charge in [-0.15, -0.1) is 0 Å². The Bertz CT molecular complexity index is 432. The average Bonchev–Trinajstić information content (AvgIpc) is 2.27. The van der Waals surface area contributed by atoms with E-state index in [4.69, 9.17) is 21.4 Å². The lowest BCUT2D eigenvalue weighted by Gasteiger charge is -2.26. The van der Waals surface area contributed by atoms with Gasteiger partial charge in [0.25, 0.3) is 0 Å². The van der Waals surface area contributed by atoms with Crippen LogP contribution in [-0.4, -0.2) is 27.3 Å². The second kappa shape index (κ2) is 6.53. The minimum Gasteiger partial charge on any atom is -0.474 e. The molecule has 2 aliphatic rings. The molecule has 1 aromatic rings. The minimum absolute atomic E-state index is 0.0648. The number of aryl methyl sites for hydroxylation is 1. The van der Waals surface area contributed by atoms with Gasteiger partial charge < -0.3 is 9.84 Å². The fraction of sp³-hybridized carbons (Fsp3) is 0.714. The monoisotopic (exact) mass is 284 g/mol. The molecule has 3 rings (SSSR count). The quantitative estimate of drug-likeness (QED) is 0.847. The molecule has 1 heterocycles. The topological polar surface area (TPSA) is 55.2 Å². The van der Waals surface area contributed by atoms with Crippen LogP contribution in [0, 0.1) is 13.8 Å². The highest BCUT2D eigenvalue weighted by Crippen LogP contribution is 2.27. The van der Waals surface area contributed by atoms with Crippen LogP contribution in [0.3, 0.4) is 0 Å². The maximum Gasteiger partial charge on any atom is 0.225 e. The van der Waals surface area contributed by atoms with Crippen molar-refractivity contribution in [3.8, 4) is 5.88 Å². The van der Waals surface area contributed by atoms with E-state index in [1.807, 2.05) is 13.8 Å². The average molecular weight is 285 g/mol. The van der Waals surface area contributed by atoms with Crippen LogP contribution in [0.25, 0.3) is 0 Å². The number of aliphatic hydroxyl groups excluding tert-OH is 1. The molecule has 19 heavy (non-hydrogen) atoms. The molecule has 0 spiro atoms. The van der Waals surface area contributed by atoms with Gasteiger partial charge in [0.05, 0.1) is 6.10 Å². The highest BCUT2D eigenvalue weighted by atomic mass is 35.5. The van der Waals surface area contributed by atoms with Gasteiger partial charge in [0, 0.05) is 11.3 Å². The van der Waals surface area contributed by atoms with Crippen molar-refractivity contribution in [3.05, 3.63) is 16.5 Å². The normalized spacial score (nSPS) is 18.9. The molecule has 106 valence electrons. The molecule has 0 amide bonds. The van der Waals surface area contributed by atoms with Gasteiger partial charge in [-0.1, -0.05) is 0 Å². The standard InChI is InChI=1S/C10H13ClN2O.C4H8O/c1-6-7(2)12-10(11)13-9(6)14-8-4-3-5-8;5-4-2-1-3-4/h8H,3-5H2,1-2H3;4-5H,1-3H2. The molecular formula is C14H21ClN2O2. The molecule has 4 nitrogen and oxygen atoms in total. The van der Waals surface area contributed by atoms with E-state index < -0.39 is 0 Å². The molecule has 0 radical (unpaired) electrons. The first-order valence-corrected chi connectivity index (χ1v) is 7.29. The number of hydrogen-bond acceptors (Lipinski definition) is 4. The summed E-state index contributed by atoms with van der Waals surface area (Å²) in [6, 6.07) is 0. The van der Waals surface area contributed by atoms with Gasteiger partial charge in [-0.3, -0.25) is 0 Å². The number of nitrogens with zero attached hydrogens (tertiary/aromatic N) is 2. The molecular weight excluding hydrogens is 264 g/mol. The van der Waals surface area contributed by atoms with Crippen LogP contribution in [0.4, 0.5) is 0 Å². The van der Waals surface area contributed by atoms with E-state index in [1.54, 1.807) is 0 Å². The van der Waals surface area contributed by atoms with Crippen molar-refractivity contribution in [2.24, 2.45) is 0 Å². The third-order valence-electron chi connectivity index (χ3n) is 3.72. The first-order chi connectivity index (χ1) is 9.06. The van der Waals surface area contributed by atoms with E-state index in [-0.39, 0.29) is 11.4 Å². The zero-order chi connectivity index (χ0) is 13.8. The predicted molar refractivity (Wildman–Crippen MR) is 74.6 cm³/mol. The minimum atomic E-state index is 0.0648. The largest absolute Gasteiger partial charge is 0.474 e. The number of halogens is 1. The van der Waals surface area contributed by atoms with Crippen LogP contribution in [0.2, 0.25) is 5.28 Å². The lowest BCUT2D eigenvalue weighted by atomic mass is 9.96. The summed E-state index contributed by atoms with van der Waals surface area (Å²) >= 11 is 5.76. The maximum atomic E-state index is 8.45. The number of hydrogen-bond donors (Lipinski definition) is 1. The van der Waals surface area contributed by atoms with Gasteiger partial charge in [-0.05, 0) is 64.0 Å². The van der Waals surface area contributed by atoms with E-state index >= 15 is 0 Å². The molecule has 0 unspecified atom stereocenters. The van der Waals surface area contributed by atoms with Crippen LogP contribution < -0.4 is 4.74 Å². The first kappa shape index (κ1) is 14.5. The smallest absolute Gasteiger partial charge is 0.225 e. The summed E-state index contributed by atoms with van der Waals surface area (Å²) in [6.45, 7) is 3.87. The van der Waals surface area contributed by atoms with E-state index in [1.165, 1.54) is 12.8 Å². The van der Waals surface area contributed by atoms with Crippen molar-refractivity contribution < 1.29 is 9.84 Å². The summed E-state index contributed by atoms with van der Waals surface area (Å²) in [4.78, 5) is 8.15. The highest BCUT2D eigenvalue weighted by molar-refractivity contribution is 6.28. The molecule has 1 aromatic heterocycles. The van der Waals surface area contributed by atoms with Crippen LogP contribution in [0.1, 0.15) is 49.8 Å². The molecule has 0 saturated heterocycles. The SMILES string of the molecule is Cc1nc(Cl)nc(OC2CCC2)c1C.OC1CCC1. The summed E-state index contributed by atoms with van der Waals surface area (Å²) in [5.74, 6) is 0.646. The van der Waals surface area contributed by atoms with E-state index in [9.17, 15) is 0 Å². The molecule has 0 aliphatic heterocycles. The van der Waals surface area contributed by atoms with Crippen LogP contribution >= 0.6 is 11.6 Å². The third kappa shape index (κ3) is 4.05. The van der Waals surface area contributed by atoms with Crippen molar-refractivity contribution in [1.82, 2.24) is 9.97 Å². The lowest BCUT2D eigenvalue weighted by molar-refractivity contribution is 0.0950. The van der Waals surface area contributed by atoms with Crippen molar-refractivity contribution in [3.63, 3.8) is 0 Å². The van der Waals surface area contributed by atoms with Gasteiger partial charge in [0.15, 0.2) is 0 Å². The summed E-state index contributed by atoms with van der Waals surface area (Å²) in [7, 11) is 0. The second-order valence-corrected chi connectivity index (χ2v) is 5.60. The number of ether oxygens (including phenoxy) is 1. The van der Waals surface area contributed by atoms with Crippen LogP contribution in [0.5, 0.6) is 5.88 Å². The highest BCUT2D eigenvalue weighted by Gasteiger charge is 2.21. The summed E-state index contributed by atoms with van der Waals surface area (Å²) in [5, 5.41) is 8.71. The first-order valence-electron chi connectivity index (χ1n) is 6.91. The molecule has 1 N–H and O–H groups in total. The fourth-order valence-electron chi connectivity index (χ4n) is 1.72. The molecule has 0 atom stereocenters. The molecule has 5 heteroatoms. The van der Waals surface area contributed by atoms with Gasteiger partial charge in [-0.25, -0.2) is 4.98 Å². The summed E-state index contributed by atoms with van der Waals surface area (Å²) < 4.78 is 5.71. The number of rotatable bonds is 2. The Balaban J connectivity index is 0.000000224. The Morgan fingerprint density at radius 1 is 1.11 bits per heavy atom. The van der Waals surface area contributed by atoms with E-state index in [2.05, 4.69) is 9.97 Å². The number of aromatic nitrogens is 2. The Kier molecular flexibility index (Phi) is 4.99. The van der Waals surface area contributed by atoms with Crippen LogP contribution in [-0.2, 0) is 0 Å². The zero-order valence-corrected chi connectivity index (χ0v) is 12.3. The van der Waals surface area contributed by atoms with Crippen molar-refractivity contribution in [1.29, 1.82) is 0 Å².